The first-order chi connectivity index (χ1) is 6.25. The molecule has 0 unspecified atom stereocenters. The second-order valence-corrected chi connectivity index (χ2v) is 4.22. The van der Waals surface area contributed by atoms with Crippen LogP contribution in [0.25, 0.3) is 0 Å². The summed E-state index contributed by atoms with van der Waals surface area (Å²) in [5.41, 5.74) is -1.25. The number of nitrogens with zero attached hydrogens (tertiary/aromatic N) is 1. The number of hydrogen-bond acceptors (Lipinski definition) is 5. The molecule has 0 aliphatic carbocycles. The first kappa shape index (κ1) is 13.2. The topological polar surface area (TPSA) is 69.4 Å². The molecule has 0 aromatic carbocycles. The standard InChI is InChI=1S/C8H15NO4S/c1-5(7(10)13-4)6(14)8(2,3)9(11)12/h5-6,14H,1-4H3/t5-,6+/m0/s1. The Morgan fingerprint density at radius 3 is 2.29 bits per heavy atom. The molecule has 0 bridgehead atoms. The fourth-order valence-electron chi connectivity index (χ4n) is 1.03. The van der Waals surface area contributed by atoms with E-state index < -0.39 is 27.6 Å². The van der Waals surface area contributed by atoms with Crippen molar-refractivity contribution in [3.8, 4) is 0 Å². The number of ether oxygens (including phenoxy) is 1. The lowest BCUT2D eigenvalue weighted by Gasteiger charge is -2.25. The van der Waals surface area contributed by atoms with Gasteiger partial charge >= 0.3 is 5.97 Å². The lowest BCUT2D eigenvalue weighted by atomic mass is 9.91. The molecule has 0 rings (SSSR count). The van der Waals surface area contributed by atoms with Gasteiger partial charge in [0.2, 0.25) is 5.54 Å². The van der Waals surface area contributed by atoms with E-state index in [1.165, 1.54) is 21.0 Å². The number of hydrogen-bond donors (Lipinski definition) is 1. The summed E-state index contributed by atoms with van der Waals surface area (Å²) in [6, 6.07) is 0. The second-order valence-electron chi connectivity index (χ2n) is 3.67. The largest absolute Gasteiger partial charge is 0.469 e. The minimum absolute atomic E-state index is 0.440. The van der Waals surface area contributed by atoms with Gasteiger partial charge in [0.25, 0.3) is 0 Å². The van der Waals surface area contributed by atoms with Crippen LogP contribution in [-0.4, -0.2) is 28.8 Å². The lowest BCUT2D eigenvalue weighted by molar-refractivity contribution is -0.560. The fraction of sp³-hybridized carbons (Fsp3) is 0.875. The van der Waals surface area contributed by atoms with E-state index in [2.05, 4.69) is 17.4 Å². The molecule has 0 aliphatic rings. The first-order valence-electron chi connectivity index (χ1n) is 4.15. The van der Waals surface area contributed by atoms with E-state index in [1.807, 2.05) is 0 Å². The third-order valence-electron chi connectivity index (χ3n) is 2.24. The van der Waals surface area contributed by atoms with Crippen LogP contribution in [0.1, 0.15) is 20.8 Å². The van der Waals surface area contributed by atoms with Crippen LogP contribution >= 0.6 is 12.6 Å². The predicted molar refractivity (Wildman–Crippen MR) is 55.0 cm³/mol. The molecule has 82 valence electrons. The van der Waals surface area contributed by atoms with Crippen molar-refractivity contribution >= 4 is 18.6 Å². The average molecular weight is 221 g/mol. The van der Waals surface area contributed by atoms with E-state index in [1.54, 1.807) is 6.92 Å². The number of nitro groups is 1. The van der Waals surface area contributed by atoms with Crippen molar-refractivity contribution in [2.75, 3.05) is 7.11 Å². The summed E-state index contributed by atoms with van der Waals surface area (Å²) in [6.45, 7) is 4.43. The molecule has 0 fully saturated rings. The molecule has 0 saturated carbocycles. The minimum Gasteiger partial charge on any atom is -0.469 e. The van der Waals surface area contributed by atoms with Crippen molar-refractivity contribution in [3.05, 3.63) is 10.1 Å². The van der Waals surface area contributed by atoms with Crippen LogP contribution in [0, 0.1) is 16.0 Å². The molecule has 0 N–H and O–H groups in total. The van der Waals surface area contributed by atoms with Crippen LogP contribution in [-0.2, 0) is 9.53 Å². The summed E-state index contributed by atoms with van der Waals surface area (Å²) in [5.74, 6) is -1.09. The molecule has 6 heteroatoms. The summed E-state index contributed by atoms with van der Waals surface area (Å²) in [4.78, 5) is 21.4. The number of rotatable bonds is 4. The van der Waals surface area contributed by atoms with Crippen LogP contribution in [0.2, 0.25) is 0 Å². The molecule has 14 heavy (non-hydrogen) atoms. The zero-order valence-electron chi connectivity index (χ0n) is 8.68. The number of thiol groups is 1. The van der Waals surface area contributed by atoms with Gasteiger partial charge in [-0.05, 0) is 0 Å². The Labute approximate surface area is 88.4 Å². The van der Waals surface area contributed by atoms with Gasteiger partial charge < -0.3 is 4.74 Å². The van der Waals surface area contributed by atoms with Crippen molar-refractivity contribution < 1.29 is 14.5 Å². The Kier molecular flexibility index (Phi) is 4.38. The molecule has 0 radical (unpaired) electrons. The second kappa shape index (κ2) is 4.63. The van der Waals surface area contributed by atoms with Crippen molar-refractivity contribution in [1.82, 2.24) is 0 Å². The Bertz CT molecular complexity index is 241. The van der Waals surface area contributed by atoms with Gasteiger partial charge in [-0.2, -0.15) is 12.6 Å². The number of carbonyl (C=O) groups excluding carboxylic acids is 1. The molecular weight excluding hydrogens is 206 g/mol. The number of methoxy groups -OCH3 is 1. The maximum absolute atomic E-state index is 11.1. The van der Waals surface area contributed by atoms with Gasteiger partial charge in [-0.25, -0.2) is 0 Å². The quantitative estimate of drug-likeness (QED) is 0.334. The Morgan fingerprint density at radius 1 is 1.57 bits per heavy atom. The maximum Gasteiger partial charge on any atom is 0.309 e. The molecule has 0 saturated heterocycles. The van der Waals surface area contributed by atoms with Crippen LogP contribution in [0.4, 0.5) is 0 Å². The Balaban J connectivity index is 4.69. The zero-order chi connectivity index (χ0) is 11.5. The highest BCUT2D eigenvalue weighted by molar-refractivity contribution is 7.81. The van der Waals surface area contributed by atoms with E-state index in [0.29, 0.717) is 0 Å². The molecule has 0 aromatic heterocycles. The van der Waals surface area contributed by atoms with Crippen LogP contribution < -0.4 is 0 Å². The molecule has 0 aromatic rings. The van der Waals surface area contributed by atoms with Gasteiger partial charge in [-0.15, -0.1) is 0 Å². The maximum atomic E-state index is 11.1. The average Bonchev–Trinajstić information content (AvgIpc) is 2.13. The van der Waals surface area contributed by atoms with E-state index in [0.717, 1.165) is 0 Å². The van der Waals surface area contributed by atoms with Crippen LogP contribution in [0.5, 0.6) is 0 Å². The molecule has 0 spiro atoms. The summed E-state index contributed by atoms with van der Waals surface area (Å²) >= 11 is 4.10. The van der Waals surface area contributed by atoms with E-state index in [4.69, 9.17) is 0 Å². The van der Waals surface area contributed by atoms with Crippen molar-refractivity contribution in [3.63, 3.8) is 0 Å². The molecule has 0 aliphatic heterocycles. The van der Waals surface area contributed by atoms with Crippen LogP contribution in [0.15, 0.2) is 0 Å². The number of esters is 1. The first-order valence-corrected chi connectivity index (χ1v) is 4.67. The van der Waals surface area contributed by atoms with Gasteiger partial charge in [0, 0.05) is 18.8 Å². The fourth-order valence-corrected chi connectivity index (χ4v) is 1.25. The lowest BCUT2D eigenvalue weighted by Crippen LogP contribution is -2.46. The summed E-state index contributed by atoms with van der Waals surface area (Å²) in [5, 5.41) is 10.0. The van der Waals surface area contributed by atoms with Gasteiger partial charge in [-0.1, -0.05) is 6.92 Å². The third-order valence-corrected chi connectivity index (χ3v) is 3.32. The van der Waals surface area contributed by atoms with Crippen LogP contribution in [0.3, 0.4) is 0 Å². The van der Waals surface area contributed by atoms with E-state index in [-0.39, 0.29) is 0 Å². The number of carbonyl (C=O) groups is 1. The zero-order valence-corrected chi connectivity index (χ0v) is 9.58. The summed E-state index contributed by atoms with van der Waals surface area (Å²) < 4.78 is 4.50. The van der Waals surface area contributed by atoms with Gasteiger partial charge in [0.15, 0.2) is 0 Å². The van der Waals surface area contributed by atoms with E-state index >= 15 is 0 Å². The Hall–Kier alpha value is -0.780. The van der Waals surface area contributed by atoms with Crippen molar-refractivity contribution in [2.45, 2.75) is 31.6 Å². The molecule has 5 nitrogen and oxygen atoms in total. The molecule has 2 atom stereocenters. The monoisotopic (exact) mass is 221 g/mol. The highest BCUT2D eigenvalue weighted by Gasteiger charge is 2.44. The van der Waals surface area contributed by atoms with Crippen molar-refractivity contribution in [1.29, 1.82) is 0 Å². The minimum atomic E-state index is -1.25. The SMILES string of the molecule is COC(=O)[C@@H](C)[C@@H](S)C(C)(C)[N+](=O)[O-]. The highest BCUT2D eigenvalue weighted by atomic mass is 32.1. The molecule has 0 heterocycles. The third kappa shape index (κ3) is 2.60. The van der Waals surface area contributed by atoms with Gasteiger partial charge in [0.1, 0.15) is 0 Å². The van der Waals surface area contributed by atoms with Gasteiger partial charge in [-0.3, -0.25) is 14.9 Å². The smallest absolute Gasteiger partial charge is 0.309 e. The molecular formula is C8H15NO4S. The summed E-state index contributed by atoms with van der Waals surface area (Å²) in [7, 11) is 1.25. The Morgan fingerprint density at radius 2 is 2.00 bits per heavy atom. The molecule has 0 amide bonds. The predicted octanol–water partition coefficient (Wildman–Crippen LogP) is 1.15. The van der Waals surface area contributed by atoms with Crippen molar-refractivity contribution in [2.24, 2.45) is 5.92 Å². The summed E-state index contributed by atoms with van der Waals surface area (Å²) in [6.07, 6.45) is 0. The highest BCUT2D eigenvalue weighted by Crippen LogP contribution is 2.26. The normalized spacial score (nSPS) is 15.8. The van der Waals surface area contributed by atoms with E-state index in [9.17, 15) is 14.9 Å². The van der Waals surface area contributed by atoms with Gasteiger partial charge in [0.05, 0.1) is 18.3 Å².